The van der Waals surface area contributed by atoms with E-state index in [1.807, 2.05) is 0 Å². The quantitative estimate of drug-likeness (QED) is 0.422. The minimum Gasteiger partial charge on any atom is -0.504 e. The lowest BCUT2D eigenvalue weighted by molar-refractivity contribution is -0.139. The number of rotatable bonds is 7. The molecule has 37 heavy (non-hydrogen) atoms. The Labute approximate surface area is 225 Å². The van der Waals surface area contributed by atoms with Gasteiger partial charge in [0.05, 0.1) is 49.8 Å². The van der Waals surface area contributed by atoms with Crippen molar-refractivity contribution in [3.8, 4) is 23.0 Å². The molecule has 0 unspecified atom stereocenters. The summed E-state index contributed by atoms with van der Waals surface area (Å²) in [5, 5.41) is 10.6. The minimum atomic E-state index is -0.817. The maximum Gasteiger partial charge on any atom is 0.338 e. The van der Waals surface area contributed by atoms with E-state index >= 15 is 0 Å². The summed E-state index contributed by atoms with van der Waals surface area (Å²) in [7, 11) is 4.49. The number of ether oxygens (including phenoxy) is 4. The molecule has 0 saturated heterocycles. The number of esters is 1. The van der Waals surface area contributed by atoms with Crippen LogP contribution in [-0.2, 0) is 9.53 Å². The Balaban J connectivity index is 1.99. The summed E-state index contributed by atoms with van der Waals surface area (Å²) in [6.07, 6.45) is 1.57. The van der Waals surface area contributed by atoms with Crippen molar-refractivity contribution in [1.82, 2.24) is 4.57 Å². The van der Waals surface area contributed by atoms with Crippen molar-refractivity contribution in [2.24, 2.45) is 4.99 Å². The van der Waals surface area contributed by atoms with Gasteiger partial charge in [0.15, 0.2) is 27.8 Å². The third kappa shape index (κ3) is 4.88. The van der Waals surface area contributed by atoms with Crippen LogP contribution in [0, 0.1) is 0 Å². The van der Waals surface area contributed by atoms with Crippen LogP contribution in [0.2, 0.25) is 0 Å². The van der Waals surface area contributed by atoms with E-state index in [1.165, 1.54) is 25.9 Å². The van der Waals surface area contributed by atoms with E-state index in [0.717, 1.165) is 11.3 Å². The lowest BCUT2D eigenvalue weighted by Gasteiger charge is -2.25. The van der Waals surface area contributed by atoms with Crippen LogP contribution in [0.3, 0.4) is 0 Å². The molecule has 1 aliphatic rings. The first kappa shape index (κ1) is 26.5. The van der Waals surface area contributed by atoms with E-state index in [4.69, 9.17) is 18.9 Å². The van der Waals surface area contributed by atoms with Crippen LogP contribution in [0.4, 0.5) is 0 Å². The zero-order chi connectivity index (χ0) is 26.9. The summed E-state index contributed by atoms with van der Waals surface area (Å²) in [4.78, 5) is 31.8. The van der Waals surface area contributed by atoms with E-state index in [2.05, 4.69) is 20.9 Å². The van der Waals surface area contributed by atoms with Gasteiger partial charge in [0.2, 0.25) is 0 Å². The maximum absolute atomic E-state index is 13.8. The molecule has 1 N–H and O–H groups in total. The number of phenols is 1. The second kappa shape index (κ2) is 10.8. The van der Waals surface area contributed by atoms with Gasteiger partial charge in [0, 0.05) is 10.0 Å². The van der Waals surface area contributed by atoms with Gasteiger partial charge in [-0.1, -0.05) is 33.3 Å². The van der Waals surface area contributed by atoms with E-state index in [-0.39, 0.29) is 29.2 Å². The van der Waals surface area contributed by atoms with Crippen molar-refractivity contribution in [2.75, 3.05) is 27.9 Å². The number of methoxy groups -OCH3 is 3. The summed E-state index contributed by atoms with van der Waals surface area (Å²) < 4.78 is 23.8. The summed E-state index contributed by atoms with van der Waals surface area (Å²) in [5.74, 6) is 0.558. The number of phenolic OH excluding ortho intramolecular Hbond substituents is 1. The van der Waals surface area contributed by atoms with E-state index in [0.29, 0.717) is 42.1 Å². The van der Waals surface area contributed by atoms with Crippen molar-refractivity contribution in [3.63, 3.8) is 0 Å². The van der Waals surface area contributed by atoms with E-state index < -0.39 is 12.0 Å². The molecule has 1 atom stereocenters. The van der Waals surface area contributed by atoms with E-state index in [1.54, 1.807) is 50.3 Å². The molecule has 194 valence electrons. The van der Waals surface area contributed by atoms with Crippen LogP contribution in [0.1, 0.15) is 31.0 Å². The predicted octanol–water partition coefficient (Wildman–Crippen LogP) is 3.29. The lowest BCUT2D eigenvalue weighted by Crippen LogP contribution is -2.40. The number of hydrogen-bond donors (Lipinski definition) is 1. The highest BCUT2D eigenvalue weighted by molar-refractivity contribution is 9.10. The first-order chi connectivity index (χ1) is 17.7. The molecule has 1 aromatic heterocycles. The molecule has 9 nitrogen and oxygen atoms in total. The summed E-state index contributed by atoms with van der Waals surface area (Å²) in [6.45, 7) is 3.60. The van der Waals surface area contributed by atoms with Gasteiger partial charge in [-0.25, -0.2) is 9.79 Å². The minimum absolute atomic E-state index is 0.101. The van der Waals surface area contributed by atoms with Gasteiger partial charge in [-0.05, 0) is 49.8 Å². The second-order valence-corrected chi connectivity index (χ2v) is 9.89. The Morgan fingerprint density at radius 2 is 1.84 bits per heavy atom. The smallest absolute Gasteiger partial charge is 0.338 e. The highest BCUT2D eigenvalue weighted by Crippen LogP contribution is 2.36. The van der Waals surface area contributed by atoms with Gasteiger partial charge >= 0.3 is 5.97 Å². The molecular formula is C26H25BrN2O7S. The molecule has 0 aliphatic carbocycles. The first-order valence-electron chi connectivity index (χ1n) is 11.2. The molecule has 0 radical (unpaired) electrons. The Morgan fingerprint density at radius 3 is 2.49 bits per heavy atom. The number of aromatic nitrogens is 1. The zero-order valence-corrected chi connectivity index (χ0v) is 23.2. The topological polar surface area (TPSA) is 109 Å². The van der Waals surface area contributed by atoms with E-state index in [9.17, 15) is 14.7 Å². The molecular weight excluding hydrogens is 564 g/mol. The standard InChI is InChI=1S/C26H25BrN2O7S/c1-6-36-25(32)21-13(2)28-26-29(22(21)14-7-8-17(33-3)18(10-14)34-4)24(31)20(37-26)11-15-9-16(27)12-19(35-5)23(15)30/h7-12,22,30H,6H2,1-5H3/b20-11+/t22-/m0/s1. The number of carbonyl (C=O) groups is 1. The van der Waals surface area contributed by atoms with Gasteiger partial charge in [-0.3, -0.25) is 9.36 Å². The molecule has 1 aliphatic heterocycles. The van der Waals surface area contributed by atoms with Gasteiger partial charge in [-0.2, -0.15) is 0 Å². The van der Waals surface area contributed by atoms with Crippen LogP contribution >= 0.6 is 27.3 Å². The Hall–Kier alpha value is -3.57. The number of fused-ring (bicyclic) bond motifs is 1. The molecule has 11 heteroatoms. The van der Waals surface area contributed by atoms with Crippen LogP contribution in [0.5, 0.6) is 23.0 Å². The fourth-order valence-electron chi connectivity index (χ4n) is 4.13. The normalized spacial score (nSPS) is 15.2. The summed E-state index contributed by atoms with van der Waals surface area (Å²) in [6, 6.07) is 7.70. The predicted molar refractivity (Wildman–Crippen MR) is 142 cm³/mol. The van der Waals surface area contributed by atoms with Gasteiger partial charge < -0.3 is 24.1 Å². The molecule has 2 aromatic carbocycles. The lowest BCUT2D eigenvalue weighted by atomic mass is 9.95. The fourth-order valence-corrected chi connectivity index (χ4v) is 5.62. The van der Waals surface area contributed by atoms with Crippen molar-refractivity contribution in [3.05, 3.63) is 76.9 Å². The number of thiazole rings is 1. The Morgan fingerprint density at radius 1 is 1.14 bits per heavy atom. The highest BCUT2D eigenvalue weighted by Gasteiger charge is 2.34. The number of aromatic hydroxyl groups is 1. The molecule has 3 aromatic rings. The van der Waals surface area contributed by atoms with Gasteiger partial charge in [0.25, 0.3) is 5.56 Å². The van der Waals surface area contributed by atoms with Crippen LogP contribution in [0.25, 0.3) is 6.08 Å². The molecule has 4 rings (SSSR count). The SMILES string of the molecule is CCOC(=O)C1=C(C)N=c2s/c(=C/c3cc(Br)cc(OC)c3O)c(=O)n2[C@H]1c1ccc(OC)c(OC)c1. The largest absolute Gasteiger partial charge is 0.504 e. The number of nitrogens with zero attached hydrogens (tertiary/aromatic N) is 2. The van der Waals surface area contributed by atoms with Crippen LogP contribution in [-0.4, -0.2) is 43.6 Å². The van der Waals surface area contributed by atoms with Crippen LogP contribution < -0.4 is 29.1 Å². The van der Waals surface area contributed by atoms with Crippen LogP contribution in [0.15, 0.2) is 55.9 Å². The molecule has 0 saturated carbocycles. The third-order valence-corrected chi connectivity index (χ3v) is 7.26. The maximum atomic E-state index is 13.8. The molecule has 0 bridgehead atoms. The number of allylic oxidation sites excluding steroid dienone is 1. The number of hydrogen-bond acceptors (Lipinski definition) is 9. The Kier molecular flexibility index (Phi) is 7.74. The zero-order valence-electron chi connectivity index (χ0n) is 20.8. The fraction of sp³-hybridized carbons (Fsp3) is 0.269. The van der Waals surface area contributed by atoms with Gasteiger partial charge in [0.1, 0.15) is 0 Å². The monoisotopic (exact) mass is 588 g/mol. The van der Waals surface area contributed by atoms with Crippen molar-refractivity contribution < 1.29 is 28.8 Å². The molecule has 0 spiro atoms. The molecule has 0 fully saturated rings. The second-order valence-electron chi connectivity index (χ2n) is 7.96. The summed E-state index contributed by atoms with van der Waals surface area (Å²) in [5.41, 5.74) is 1.32. The first-order valence-corrected chi connectivity index (χ1v) is 12.8. The average molecular weight is 589 g/mol. The van der Waals surface area contributed by atoms with Crippen molar-refractivity contribution >= 4 is 39.3 Å². The summed E-state index contributed by atoms with van der Waals surface area (Å²) >= 11 is 4.55. The number of halogens is 1. The third-order valence-electron chi connectivity index (χ3n) is 5.82. The van der Waals surface area contributed by atoms with Crippen molar-refractivity contribution in [1.29, 1.82) is 0 Å². The van der Waals surface area contributed by atoms with Crippen molar-refractivity contribution in [2.45, 2.75) is 19.9 Å². The number of carbonyl (C=O) groups excluding carboxylic acids is 1. The molecule has 2 heterocycles. The average Bonchev–Trinajstić information content (AvgIpc) is 3.18. The highest BCUT2D eigenvalue weighted by atomic mass is 79.9. The Bertz CT molecular complexity index is 1590. The number of benzene rings is 2. The van der Waals surface area contributed by atoms with Gasteiger partial charge in [-0.15, -0.1) is 0 Å². The molecule has 0 amide bonds.